The lowest BCUT2D eigenvalue weighted by atomic mass is 10.1. The quantitative estimate of drug-likeness (QED) is 0.119. The normalized spacial score (nSPS) is 11.0. The van der Waals surface area contributed by atoms with E-state index >= 15 is 0 Å². The van der Waals surface area contributed by atoms with Crippen LogP contribution in [0.4, 0.5) is 0 Å². The van der Waals surface area contributed by atoms with Gasteiger partial charge in [-0.2, -0.15) is 0 Å². The Morgan fingerprint density at radius 2 is 1.21 bits per heavy atom. The number of carbonyl (C=O) groups is 4. The van der Waals surface area contributed by atoms with E-state index in [-0.39, 0.29) is 37.5 Å². The molecule has 0 saturated heterocycles. The topological polar surface area (TPSA) is 149 Å². The fourth-order valence-electron chi connectivity index (χ4n) is 4.20. The van der Waals surface area contributed by atoms with Gasteiger partial charge >= 0.3 is 11.9 Å². The monoisotopic (exact) mass is 629 g/mol. The lowest BCUT2D eigenvalue weighted by Crippen LogP contribution is -2.28. The maximum atomic E-state index is 12.7. The zero-order valence-electron chi connectivity index (χ0n) is 23.8. The summed E-state index contributed by atoms with van der Waals surface area (Å²) in [6, 6.07) is 10.7. The molecular weight excluding hydrogens is 598 g/mol. The molecule has 1 amide bonds. The van der Waals surface area contributed by atoms with Crippen LogP contribution < -0.4 is 18.9 Å². The first kappa shape index (κ1) is 31.6. The highest BCUT2D eigenvalue weighted by atomic mass is 32.1. The minimum Gasteiger partial charge on any atom is -0.493 e. The lowest BCUT2D eigenvalue weighted by Gasteiger charge is -2.14. The summed E-state index contributed by atoms with van der Waals surface area (Å²) in [6.45, 7) is 0.756. The first-order valence-electron chi connectivity index (χ1n) is 13.3. The highest BCUT2D eigenvalue weighted by Crippen LogP contribution is 2.38. The second-order valence-corrected chi connectivity index (χ2v) is 11.7. The largest absolute Gasteiger partial charge is 0.493 e. The molecule has 2 N–H and O–H groups in total. The Morgan fingerprint density at radius 3 is 1.72 bits per heavy atom. The van der Waals surface area contributed by atoms with Crippen LogP contribution in [0.5, 0.6) is 23.0 Å². The number of nitrogens with zero attached hydrogens (tertiary/aromatic N) is 1. The molecule has 13 heteroatoms. The predicted molar refractivity (Wildman–Crippen MR) is 163 cm³/mol. The van der Waals surface area contributed by atoms with Gasteiger partial charge < -0.3 is 34.1 Å². The number of benzene rings is 2. The standard InChI is InChI=1S/C30H31NO10S2/c1-31(8-7-29(35)36)30(37)27-14-18-12-23(21(39-3)16-25(18)43-27)41-10-4-9-40-22-11-17-13-26(19(32)5-6-28(33)34)42-24(17)15-20(22)38-2/h11-16H,4-10H2,1-3H3,(H,33,34)(H,35,36). The number of amides is 1. The van der Waals surface area contributed by atoms with E-state index in [9.17, 15) is 19.2 Å². The van der Waals surface area contributed by atoms with Crippen molar-refractivity contribution in [3.05, 3.63) is 46.2 Å². The number of carboxylic acids is 2. The van der Waals surface area contributed by atoms with Crippen molar-refractivity contribution in [3.63, 3.8) is 0 Å². The lowest BCUT2D eigenvalue weighted by molar-refractivity contribution is -0.138. The van der Waals surface area contributed by atoms with Gasteiger partial charge in [0.25, 0.3) is 5.91 Å². The highest BCUT2D eigenvalue weighted by molar-refractivity contribution is 7.21. The predicted octanol–water partition coefficient (Wildman–Crippen LogP) is 5.58. The summed E-state index contributed by atoms with van der Waals surface area (Å²) < 4.78 is 24.6. The van der Waals surface area contributed by atoms with Gasteiger partial charge in [0.1, 0.15) is 0 Å². The van der Waals surface area contributed by atoms with E-state index in [0.29, 0.717) is 52.4 Å². The summed E-state index contributed by atoms with van der Waals surface area (Å²) in [7, 11) is 4.64. The van der Waals surface area contributed by atoms with Crippen LogP contribution in [-0.4, -0.2) is 79.8 Å². The molecule has 4 rings (SSSR count). The molecule has 0 radical (unpaired) electrons. The second-order valence-electron chi connectivity index (χ2n) is 9.54. The molecule has 0 fully saturated rings. The molecule has 0 saturated carbocycles. The fraction of sp³-hybridized carbons (Fsp3) is 0.333. The molecule has 0 atom stereocenters. The Labute approximate surface area is 255 Å². The van der Waals surface area contributed by atoms with E-state index < -0.39 is 11.9 Å². The van der Waals surface area contributed by atoms with Crippen LogP contribution in [0.25, 0.3) is 20.2 Å². The molecule has 43 heavy (non-hydrogen) atoms. The molecule has 0 unspecified atom stereocenters. The van der Waals surface area contributed by atoms with Crippen LogP contribution in [0, 0.1) is 0 Å². The third kappa shape index (κ3) is 7.93. The summed E-state index contributed by atoms with van der Waals surface area (Å²) in [6.07, 6.45) is 0.134. The number of fused-ring (bicyclic) bond motifs is 2. The summed E-state index contributed by atoms with van der Waals surface area (Å²) in [4.78, 5) is 49.1. The maximum Gasteiger partial charge on any atom is 0.305 e. The van der Waals surface area contributed by atoms with Gasteiger partial charge in [-0.15, -0.1) is 22.7 Å². The van der Waals surface area contributed by atoms with E-state index in [0.717, 1.165) is 20.2 Å². The molecule has 2 aromatic carbocycles. The van der Waals surface area contributed by atoms with Gasteiger partial charge in [-0.3, -0.25) is 19.2 Å². The molecule has 11 nitrogen and oxygen atoms in total. The average molecular weight is 630 g/mol. The van der Waals surface area contributed by atoms with Crippen LogP contribution in [0.2, 0.25) is 0 Å². The molecule has 228 valence electrons. The first-order valence-corrected chi connectivity index (χ1v) is 14.9. The average Bonchev–Trinajstić information content (AvgIpc) is 3.60. The molecule has 0 bridgehead atoms. The molecular formula is C30H31NO10S2. The van der Waals surface area contributed by atoms with Crippen molar-refractivity contribution in [1.82, 2.24) is 4.90 Å². The SMILES string of the molecule is COc1cc2sc(C(=O)CCC(=O)O)cc2cc1OCCCOc1cc2cc(C(=O)N(C)CCC(=O)O)sc2cc1OC. The minimum atomic E-state index is -1.01. The van der Waals surface area contributed by atoms with Gasteiger partial charge in [-0.25, -0.2) is 0 Å². The van der Waals surface area contributed by atoms with Crippen LogP contribution in [-0.2, 0) is 9.59 Å². The van der Waals surface area contributed by atoms with Crippen LogP contribution in [0.15, 0.2) is 36.4 Å². The van der Waals surface area contributed by atoms with Crippen molar-refractivity contribution >= 4 is 66.5 Å². The van der Waals surface area contributed by atoms with Gasteiger partial charge in [0.2, 0.25) is 0 Å². The molecule has 0 aliphatic carbocycles. The number of Topliss-reactive ketones (excluding diaryl/α,β-unsaturated/α-hetero) is 1. The number of methoxy groups -OCH3 is 2. The Kier molecular flexibility index (Phi) is 10.4. The third-order valence-corrected chi connectivity index (χ3v) is 8.69. The van der Waals surface area contributed by atoms with E-state index in [4.69, 9.17) is 29.2 Å². The van der Waals surface area contributed by atoms with Crippen molar-refractivity contribution < 1.29 is 48.3 Å². The van der Waals surface area contributed by atoms with Crippen molar-refractivity contribution in [3.8, 4) is 23.0 Å². The fourth-order valence-corrected chi connectivity index (χ4v) is 6.31. The summed E-state index contributed by atoms with van der Waals surface area (Å²) >= 11 is 2.58. The van der Waals surface area contributed by atoms with Gasteiger partial charge in [0, 0.05) is 48.0 Å². The minimum absolute atomic E-state index is 0.0575. The molecule has 2 aromatic heterocycles. The van der Waals surface area contributed by atoms with E-state index in [2.05, 4.69) is 0 Å². The Hall–Kier alpha value is -4.36. The smallest absolute Gasteiger partial charge is 0.305 e. The number of hydrogen-bond donors (Lipinski definition) is 2. The van der Waals surface area contributed by atoms with E-state index in [1.165, 1.54) is 41.8 Å². The van der Waals surface area contributed by atoms with Crippen LogP contribution in [0.1, 0.15) is 45.0 Å². The van der Waals surface area contributed by atoms with Gasteiger partial charge in [0.15, 0.2) is 28.8 Å². The summed E-state index contributed by atoms with van der Waals surface area (Å²) in [5.41, 5.74) is 0. The van der Waals surface area contributed by atoms with Crippen molar-refractivity contribution in [2.45, 2.75) is 25.7 Å². The number of rotatable bonds is 16. The maximum absolute atomic E-state index is 12.7. The number of thiophene rings is 2. The zero-order valence-corrected chi connectivity index (χ0v) is 25.5. The number of ketones is 1. The Balaban J connectivity index is 1.37. The molecule has 4 aromatic rings. The van der Waals surface area contributed by atoms with Crippen LogP contribution in [0.3, 0.4) is 0 Å². The number of aliphatic carboxylic acids is 2. The summed E-state index contributed by atoms with van der Waals surface area (Å²) in [5.74, 6) is -0.379. The van der Waals surface area contributed by atoms with Crippen LogP contribution >= 0.6 is 22.7 Å². The number of hydrogen-bond acceptors (Lipinski definition) is 10. The van der Waals surface area contributed by atoms with E-state index in [1.54, 1.807) is 31.3 Å². The third-order valence-electron chi connectivity index (χ3n) is 6.47. The number of carbonyl (C=O) groups excluding carboxylic acids is 2. The van der Waals surface area contributed by atoms with Crippen molar-refractivity contribution in [1.29, 1.82) is 0 Å². The second kappa shape index (κ2) is 14.2. The summed E-state index contributed by atoms with van der Waals surface area (Å²) in [5, 5.41) is 19.3. The van der Waals surface area contributed by atoms with Crippen molar-refractivity contribution in [2.24, 2.45) is 0 Å². The number of ether oxygens (including phenoxy) is 4. The molecule has 2 heterocycles. The Morgan fingerprint density at radius 1 is 0.698 bits per heavy atom. The van der Waals surface area contributed by atoms with Crippen molar-refractivity contribution in [2.75, 3.05) is 41.0 Å². The number of carboxylic acid groups (broad SMARTS) is 2. The highest BCUT2D eigenvalue weighted by Gasteiger charge is 2.18. The van der Waals surface area contributed by atoms with Gasteiger partial charge in [0.05, 0.1) is 50.0 Å². The van der Waals surface area contributed by atoms with Gasteiger partial charge in [-0.1, -0.05) is 0 Å². The molecule has 0 spiro atoms. The molecule has 0 aliphatic rings. The zero-order chi connectivity index (χ0) is 31.1. The first-order chi connectivity index (χ1) is 20.6. The van der Waals surface area contributed by atoms with Gasteiger partial charge in [-0.05, 0) is 35.0 Å². The van der Waals surface area contributed by atoms with E-state index in [1.807, 2.05) is 12.1 Å². The molecule has 0 aliphatic heterocycles. The Bertz CT molecular complexity index is 1660.